The Morgan fingerprint density at radius 2 is 2.03 bits per heavy atom. The van der Waals surface area contributed by atoms with Gasteiger partial charge in [-0.2, -0.15) is 0 Å². The molecular weight excluding hydrogens is 388 g/mol. The van der Waals surface area contributed by atoms with Crippen LogP contribution in [-0.2, 0) is 9.84 Å². The Hall–Kier alpha value is -2.74. The van der Waals surface area contributed by atoms with Crippen LogP contribution < -0.4 is 10.2 Å². The van der Waals surface area contributed by atoms with Gasteiger partial charge >= 0.3 is 0 Å². The van der Waals surface area contributed by atoms with Gasteiger partial charge in [-0.25, -0.2) is 18.4 Å². The molecule has 1 aromatic heterocycles. The van der Waals surface area contributed by atoms with Gasteiger partial charge in [-0.15, -0.1) is 0 Å². The molecule has 2 aromatic rings. The van der Waals surface area contributed by atoms with Crippen molar-refractivity contribution in [2.24, 2.45) is 0 Å². The molecule has 3 rings (SSSR count). The Balaban J connectivity index is 1.70. The van der Waals surface area contributed by atoms with Crippen LogP contribution in [0.3, 0.4) is 0 Å². The van der Waals surface area contributed by atoms with Crippen LogP contribution >= 0.6 is 0 Å². The van der Waals surface area contributed by atoms with E-state index in [-0.39, 0.29) is 11.7 Å². The number of benzene rings is 1. The summed E-state index contributed by atoms with van der Waals surface area (Å²) in [6.07, 6.45) is 7.75. The molecule has 0 bridgehead atoms. The van der Waals surface area contributed by atoms with Gasteiger partial charge in [0.2, 0.25) is 0 Å². The summed E-state index contributed by atoms with van der Waals surface area (Å²) in [5.41, 5.74) is 2.74. The maximum Gasteiger partial charge on any atom is 0.271 e. The maximum atomic E-state index is 12.3. The molecule has 154 valence electrons. The summed E-state index contributed by atoms with van der Waals surface area (Å²) in [5, 5.41) is 3.77. The molecule has 29 heavy (non-hydrogen) atoms. The molecule has 2 heterocycles. The van der Waals surface area contributed by atoms with Gasteiger partial charge in [-0.3, -0.25) is 4.79 Å². The van der Waals surface area contributed by atoms with Gasteiger partial charge in [0, 0.05) is 24.3 Å². The first-order valence-electron chi connectivity index (χ1n) is 9.58. The first-order chi connectivity index (χ1) is 13.7. The standard InChI is InChI=1S/C21H26N4O3S/c1-15-7-4-5-8-17(15)19-9-6-11-25(19)20-14-22-18(13-23-20)21(26)24-16(2)10-12-29(3,27)28/h4-5,7-8,10,12-14,16,19H,6,9,11H2,1-3H3,(H,24,26)/b12-10+/t16-,19?/m1/s1. The predicted octanol–water partition coefficient (Wildman–Crippen LogP) is 2.80. The number of aryl methyl sites for hydroxylation is 1. The molecule has 1 unspecified atom stereocenters. The molecule has 0 radical (unpaired) electrons. The zero-order chi connectivity index (χ0) is 21.0. The fourth-order valence-corrected chi connectivity index (χ4v) is 4.02. The van der Waals surface area contributed by atoms with Crippen molar-refractivity contribution in [2.75, 3.05) is 17.7 Å². The number of nitrogens with zero attached hydrogens (tertiary/aromatic N) is 3. The molecule has 0 spiro atoms. The summed E-state index contributed by atoms with van der Waals surface area (Å²) in [4.78, 5) is 23.3. The number of hydrogen-bond acceptors (Lipinski definition) is 6. The van der Waals surface area contributed by atoms with E-state index in [9.17, 15) is 13.2 Å². The highest BCUT2D eigenvalue weighted by Gasteiger charge is 2.28. The van der Waals surface area contributed by atoms with E-state index in [0.29, 0.717) is 0 Å². The van der Waals surface area contributed by atoms with Crippen molar-refractivity contribution >= 4 is 21.6 Å². The molecule has 1 aliphatic rings. The highest BCUT2D eigenvalue weighted by molar-refractivity contribution is 7.93. The Labute approximate surface area is 171 Å². The highest BCUT2D eigenvalue weighted by atomic mass is 32.2. The Morgan fingerprint density at radius 1 is 1.28 bits per heavy atom. The second-order valence-corrected chi connectivity index (χ2v) is 9.32. The third-order valence-electron chi connectivity index (χ3n) is 4.94. The lowest BCUT2D eigenvalue weighted by Crippen LogP contribution is -2.32. The average Bonchev–Trinajstić information content (AvgIpc) is 3.16. The van der Waals surface area contributed by atoms with E-state index in [1.165, 1.54) is 23.4 Å². The van der Waals surface area contributed by atoms with Gasteiger partial charge in [0.1, 0.15) is 11.5 Å². The monoisotopic (exact) mass is 414 g/mol. The summed E-state index contributed by atoms with van der Waals surface area (Å²) in [6.45, 7) is 4.70. The number of aromatic nitrogens is 2. The molecule has 1 saturated heterocycles. The topological polar surface area (TPSA) is 92.3 Å². The first-order valence-corrected chi connectivity index (χ1v) is 11.5. The molecule has 1 fully saturated rings. The summed E-state index contributed by atoms with van der Waals surface area (Å²) in [7, 11) is -3.23. The summed E-state index contributed by atoms with van der Waals surface area (Å²) in [6, 6.07) is 8.17. The number of rotatable bonds is 6. The fourth-order valence-electron chi connectivity index (χ4n) is 3.50. The highest BCUT2D eigenvalue weighted by Crippen LogP contribution is 2.36. The van der Waals surface area contributed by atoms with Crippen molar-refractivity contribution in [1.29, 1.82) is 0 Å². The van der Waals surface area contributed by atoms with Gasteiger partial charge in [0.25, 0.3) is 5.91 Å². The molecule has 7 nitrogen and oxygen atoms in total. The molecule has 0 aliphatic carbocycles. The summed E-state index contributed by atoms with van der Waals surface area (Å²) >= 11 is 0. The van der Waals surface area contributed by atoms with E-state index >= 15 is 0 Å². The van der Waals surface area contributed by atoms with Crippen LogP contribution in [0.5, 0.6) is 0 Å². The van der Waals surface area contributed by atoms with E-state index in [4.69, 9.17) is 0 Å². The molecule has 2 atom stereocenters. The van der Waals surface area contributed by atoms with Crippen LogP contribution in [0.4, 0.5) is 5.82 Å². The number of anilines is 1. The lowest BCUT2D eigenvalue weighted by molar-refractivity contribution is 0.0941. The molecule has 1 aliphatic heterocycles. The number of carbonyl (C=O) groups excluding carboxylic acids is 1. The minimum Gasteiger partial charge on any atom is -0.348 e. The SMILES string of the molecule is Cc1ccccc1C1CCCN1c1cnc(C(=O)N[C@H](C)/C=C/S(C)(=O)=O)cn1. The van der Waals surface area contributed by atoms with Crippen LogP contribution in [0.1, 0.15) is 47.4 Å². The van der Waals surface area contributed by atoms with Gasteiger partial charge in [-0.1, -0.05) is 30.3 Å². The summed E-state index contributed by atoms with van der Waals surface area (Å²) in [5.74, 6) is 0.351. The number of sulfone groups is 1. The number of hydrogen-bond donors (Lipinski definition) is 1. The van der Waals surface area contributed by atoms with Crippen LogP contribution in [0.15, 0.2) is 48.1 Å². The molecule has 8 heteroatoms. The minimum atomic E-state index is -3.23. The maximum absolute atomic E-state index is 12.3. The second kappa shape index (κ2) is 8.73. The Bertz CT molecular complexity index is 1000. The van der Waals surface area contributed by atoms with E-state index in [1.807, 2.05) is 6.07 Å². The van der Waals surface area contributed by atoms with Gasteiger partial charge in [0.05, 0.1) is 18.4 Å². The van der Waals surface area contributed by atoms with Crippen molar-refractivity contribution in [1.82, 2.24) is 15.3 Å². The normalized spacial score (nSPS) is 18.2. The lowest BCUT2D eigenvalue weighted by atomic mass is 9.99. The van der Waals surface area contributed by atoms with E-state index in [0.717, 1.165) is 36.9 Å². The number of nitrogens with one attached hydrogen (secondary N) is 1. The molecule has 0 saturated carbocycles. The van der Waals surface area contributed by atoms with Crippen molar-refractivity contribution in [3.05, 3.63) is 65.0 Å². The zero-order valence-electron chi connectivity index (χ0n) is 16.9. The third kappa shape index (κ3) is 5.41. The van der Waals surface area contributed by atoms with Crippen LogP contribution in [0.25, 0.3) is 0 Å². The fraction of sp³-hybridized carbons (Fsp3) is 0.381. The molecule has 1 aromatic carbocycles. The van der Waals surface area contributed by atoms with Crippen molar-refractivity contribution in [3.8, 4) is 0 Å². The second-order valence-electron chi connectivity index (χ2n) is 7.39. The average molecular weight is 415 g/mol. The number of amides is 1. The quantitative estimate of drug-likeness (QED) is 0.781. The van der Waals surface area contributed by atoms with Gasteiger partial charge < -0.3 is 10.2 Å². The van der Waals surface area contributed by atoms with E-state index < -0.39 is 21.8 Å². The zero-order valence-corrected chi connectivity index (χ0v) is 17.7. The minimum absolute atomic E-state index is 0.194. The molecule has 1 amide bonds. The van der Waals surface area contributed by atoms with Crippen LogP contribution in [0.2, 0.25) is 0 Å². The summed E-state index contributed by atoms with van der Waals surface area (Å²) < 4.78 is 22.4. The van der Waals surface area contributed by atoms with E-state index in [2.05, 4.69) is 45.3 Å². The molecular formula is C21H26N4O3S. The lowest BCUT2D eigenvalue weighted by Gasteiger charge is -2.27. The number of carbonyl (C=O) groups is 1. The third-order valence-corrected chi connectivity index (χ3v) is 5.59. The van der Waals surface area contributed by atoms with Crippen LogP contribution in [0, 0.1) is 6.92 Å². The van der Waals surface area contributed by atoms with E-state index in [1.54, 1.807) is 13.1 Å². The van der Waals surface area contributed by atoms with Crippen molar-refractivity contribution in [2.45, 2.75) is 38.8 Å². The molecule has 1 N–H and O–H groups in total. The van der Waals surface area contributed by atoms with Crippen molar-refractivity contribution in [3.63, 3.8) is 0 Å². The largest absolute Gasteiger partial charge is 0.348 e. The van der Waals surface area contributed by atoms with Crippen LogP contribution in [-0.4, -0.2) is 43.1 Å². The Kier molecular flexibility index (Phi) is 6.32. The van der Waals surface area contributed by atoms with Gasteiger partial charge in [-0.05, 0) is 37.8 Å². The first kappa shape index (κ1) is 21.0. The predicted molar refractivity (Wildman–Crippen MR) is 113 cm³/mol. The smallest absolute Gasteiger partial charge is 0.271 e. The Morgan fingerprint density at radius 3 is 2.69 bits per heavy atom. The van der Waals surface area contributed by atoms with Crippen molar-refractivity contribution < 1.29 is 13.2 Å². The van der Waals surface area contributed by atoms with Gasteiger partial charge in [0.15, 0.2) is 9.84 Å².